The molecule has 0 spiro atoms. The highest BCUT2D eigenvalue weighted by Crippen LogP contribution is 2.42. The van der Waals surface area contributed by atoms with Crippen LogP contribution < -0.4 is 4.90 Å². The Kier molecular flexibility index (Phi) is 7.19. The second kappa shape index (κ2) is 11.8. The van der Waals surface area contributed by atoms with Gasteiger partial charge in [0.2, 0.25) is 0 Å². The van der Waals surface area contributed by atoms with Gasteiger partial charge in [0.25, 0.3) is 0 Å². The van der Waals surface area contributed by atoms with Crippen molar-refractivity contribution < 1.29 is 0 Å². The molecule has 5 aromatic carbocycles. The fourth-order valence-corrected chi connectivity index (χ4v) is 7.56. The SMILES string of the molecule is C=C1/C=C\C=C/Cc2cccc(N(c3ccccc3)c3ccc(-c4ccc5c(c4)c4ccccc4n5C4CCCCC4)cc3)c21. The van der Waals surface area contributed by atoms with Crippen molar-refractivity contribution in [2.75, 3.05) is 4.90 Å². The summed E-state index contributed by atoms with van der Waals surface area (Å²) >= 11 is 0. The van der Waals surface area contributed by atoms with E-state index in [1.807, 2.05) is 0 Å². The molecule has 0 radical (unpaired) electrons. The highest BCUT2D eigenvalue weighted by atomic mass is 15.1. The zero-order valence-corrected chi connectivity index (χ0v) is 25.7. The minimum atomic E-state index is 0.593. The summed E-state index contributed by atoms with van der Waals surface area (Å²) in [5.41, 5.74) is 12.1. The van der Waals surface area contributed by atoms with Gasteiger partial charge in [0, 0.05) is 44.8 Å². The second-order valence-corrected chi connectivity index (χ2v) is 12.5. The first-order valence-corrected chi connectivity index (χ1v) is 16.4. The molecule has 0 saturated heterocycles. The number of rotatable bonds is 5. The summed E-state index contributed by atoms with van der Waals surface area (Å²) in [6.07, 6.45) is 16.0. The Bertz CT molecular complexity index is 2070. The molecule has 2 aliphatic carbocycles. The van der Waals surface area contributed by atoms with E-state index in [1.54, 1.807) is 0 Å². The van der Waals surface area contributed by atoms with Gasteiger partial charge in [0.05, 0.1) is 5.69 Å². The van der Waals surface area contributed by atoms with Gasteiger partial charge in [-0.25, -0.2) is 0 Å². The van der Waals surface area contributed by atoms with Gasteiger partial charge in [-0.3, -0.25) is 0 Å². The molecule has 0 N–H and O–H groups in total. The molecule has 0 unspecified atom stereocenters. The third-order valence-corrected chi connectivity index (χ3v) is 9.70. The van der Waals surface area contributed by atoms with E-state index >= 15 is 0 Å². The smallest absolute Gasteiger partial charge is 0.0542 e. The van der Waals surface area contributed by atoms with Crippen LogP contribution in [0.15, 0.2) is 146 Å². The fraction of sp³-hybridized carbons (Fsp3) is 0.163. The normalized spacial score (nSPS) is 16.7. The Morgan fingerprint density at radius 3 is 2.20 bits per heavy atom. The lowest BCUT2D eigenvalue weighted by atomic mass is 9.93. The van der Waals surface area contributed by atoms with Crippen molar-refractivity contribution >= 4 is 44.4 Å². The van der Waals surface area contributed by atoms with Gasteiger partial charge in [0.15, 0.2) is 0 Å². The monoisotopic (exact) mass is 582 g/mol. The number of para-hydroxylation sites is 2. The quantitative estimate of drug-likeness (QED) is 0.196. The molecule has 1 saturated carbocycles. The van der Waals surface area contributed by atoms with Crippen LogP contribution in [0, 0.1) is 0 Å². The van der Waals surface area contributed by atoms with Crippen LogP contribution in [-0.4, -0.2) is 4.57 Å². The highest BCUT2D eigenvalue weighted by molar-refractivity contribution is 6.09. The lowest BCUT2D eigenvalue weighted by Gasteiger charge is -2.29. The van der Waals surface area contributed by atoms with Gasteiger partial charge in [-0.1, -0.05) is 117 Å². The number of fused-ring (bicyclic) bond motifs is 4. The molecule has 2 heteroatoms. The van der Waals surface area contributed by atoms with Crippen molar-refractivity contribution in [1.29, 1.82) is 0 Å². The van der Waals surface area contributed by atoms with E-state index in [4.69, 9.17) is 0 Å². The first-order valence-electron chi connectivity index (χ1n) is 16.4. The van der Waals surface area contributed by atoms with Gasteiger partial charge < -0.3 is 9.47 Å². The molecule has 2 aliphatic rings. The molecule has 1 aromatic heterocycles. The molecule has 8 rings (SSSR count). The third-order valence-electron chi connectivity index (χ3n) is 9.70. The number of hydrogen-bond acceptors (Lipinski definition) is 1. The molecule has 0 atom stereocenters. The van der Waals surface area contributed by atoms with Crippen LogP contribution in [0.25, 0.3) is 38.5 Å². The summed E-state index contributed by atoms with van der Waals surface area (Å²) in [5, 5.41) is 2.71. The fourth-order valence-electron chi connectivity index (χ4n) is 7.56. The van der Waals surface area contributed by atoms with Crippen LogP contribution in [0.5, 0.6) is 0 Å². The van der Waals surface area contributed by atoms with Gasteiger partial charge in [-0.15, -0.1) is 0 Å². The summed E-state index contributed by atoms with van der Waals surface area (Å²) in [4.78, 5) is 2.37. The molecule has 6 aromatic rings. The standard InChI is InChI=1S/C43H38N2/c1-31-14-5-2-6-15-33-16-13-23-42(43(31)33)44(35-17-7-3-8-18-35)37-27-24-32(25-28-37)34-26-29-41-39(30-34)38-21-11-12-22-40(38)45(41)36-19-9-4-10-20-36/h2-3,5-8,11-14,16-18,21-30,36H,1,4,9-10,15,19-20H2/b6-2-,14-5-. The van der Waals surface area contributed by atoms with Crippen molar-refractivity contribution in [1.82, 2.24) is 4.57 Å². The largest absolute Gasteiger partial charge is 0.337 e. The van der Waals surface area contributed by atoms with E-state index in [0.717, 1.165) is 29.1 Å². The van der Waals surface area contributed by atoms with Crippen molar-refractivity contribution in [2.24, 2.45) is 0 Å². The molecular weight excluding hydrogens is 544 g/mol. The van der Waals surface area contributed by atoms with Gasteiger partial charge in [-0.05, 0) is 90.1 Å². The lowest BCUT2D eigenvalue weighted by Crippen LogP contribution is -2.13. The number of anilines is 3. The Morgan fingerprint density at radius 1 is 0.622 bits per heavy atom. The van der Waals surface area contributed by atoms with Crippen molar-refractivity contribution in [3.05, 3.63) is 157 Å². The maximum Gasteiger partial charge on any atom is 0.0542 e. The van der Waals surface area contributed by atoms with Gasteiger partial charge >= 0.3 is 0 Å². The molecule has 220 valence electrons. The van der Waals surface area contributed by atoms with Gasteiger partial charge in [0.1, 0.15) is 0 Å². The Balaban J connectivity index is 1.21. The van der Waals surface area contributed by atoms with Gasteiger partial charge in [-0.2, -0.15) is 0 Å². The molecule has 2 nitrogen and oxygen atoms in total. The second-order valence-electron chi connectivity index (χ2n) is 12.5. The number of nitrogens with zero attached hydrogens (tertiary/aromatic N) is 2. The van der Waals surface area contributed by atoms with Crippen LogP contribution in [0.4, 0.5) is 17.1 Å². The Labute approximate surface area is 266 Å². The average Bonchev–Trinajstić information content (AvgIpc) is 3.42. The van der Waals surface area contributed by atoms with Crippen molar-refractivity contribution in [2.45, 2.75) is 44.6 Å². The summed E-state index contributed by atoms with van der Waals surface area (Å²) in [7, 11) is 0. The molecule has 1 heterocycles. The third kappa shape index (κ3) is 5.01. The molecule has 0 aliphatic heterocycles. The van der Waals surface area contributed by atoms with Crippen molar-refractivity contribution in [3.8, 4) is 11.1 Å². The Morgan fingerprint density at radius 2 is 1.36 bits per heavy atom. The van der Waals surface area contributed by atoms with E-state index in [1.165, 1.54) is 76.2 Å². The summed E-state index contributed by atoms with van der Waals surface area (Å²) in [5.74, 6) is 0. The van der Waals surface area contributed by atoms with E-state index in [0.29, 0.717) is 6.04 Å². The minimum Gasteiger partial charge on any atom is -0.337 e. The van der Waals surface area contributed by atoms with Crippen LogP contribution in [0.2, 0.25) is 0 Å². The average molecular weight is 583 g/mol. The predicted octanol–water partition coefficient (Wildman–Crippen LogP) is 12.1. The lowest BCUT2D eigenvalue weighted by molar-refractivity contribution is 0.367. The van der Waals surface area contributed by atoms with Crippen LogP contribution in [0.3, 0.4) is 0 Å². The first kappa shape index (κ1) is 27.5. The van der Waals surface area contributed by atoms with Crippen LogP contribution in [0.1, 0.15) is 49.3 Å². The van der Waals surface area contributed by atoms with E-state index in [9.17, 15) is 0 Å². The Hall–Kier alpha value is -5.08. The maximum absolute atomic E-state index is 4.47. The minimum absolute atomic E-state index is 0.593. The number of benzene rings is 5. The van der Waals surface area contributed by atoms with Crippen molar-refractivity contribution in [3.63, 3.8) is 0 Å². The highest BCUT2D eigenvalue weighted by Gasteiger charge is 2.22. The zero-order chi connectivity index (χ0) is 30.2. The molecule has 0 amide bonds. The van der Waals surface area contributed by atoms with Crippen LogP contribution >= 0.6 is 0 Å². The topological polar surface area (TPSA) is 8.17 Å². The first-order chi connectivity index (χ1) is 22.3. The van der Waals surface area contributed by atoms with E-state index < -0.39 is 0 Å². The maximum atomic E-state index is 4.47. The number of allylic oxidation sites excluding steroid dienone is 5. The molecule has 0 bridgehead atoms. The zero-order valence-electron chi connectivity index (χ0n) is 25.7. The molecule has 1 fully saturated rings. The van der Waals surface area contributed by atoms with E-state index in [2.05, 4.69) is 156 Å². The molecule has 45 heavy (non-hydrogen) atoms. The summed E-state index contributed by atoms with van der Waals surface area (Å²) in [6.45, 7) is 4.47. The number of aromatic nitrogens is 1. The van der Waals surface area contributed by atoms with E-state index in [-0.39, 0.29) is 0 Å². The molecular formula is C43H38N2. The number of hydrogen-bond donors (Lipinski definition) is 0. The van der Waals surface area contributed by atoms with Crippen LogP contribution in [-0.2, 0) is 6.42 Å². The predicted molar refractivity (Wildman–Crippen MR) is 193 cm³/mol. The summed E-state index contributed by atoms with van der Waals surface area (Å²) < 4.78 is 2.64. The summed E-state index contributed by atoms with van der Waals surface area (Å²) in [6, 6.07) is 43.0.